The summed E-state index contributed by atoms with van der Waals surface area (Å²) in [6, 6.07) is 17.3. The SMILES string of the molecule is Cc1ccc(NC(=S)N[C@@H](C)c2ccc(N3CCC[C@H](C)C3)cc2)cc1. The van der Waals surface area contributed by atoms with Crippen molar-refractivity contribution in [3.8, 4) is 0 Å². The number of hydrogen-bond donors (Lipinski definition) is 2. The van der Waals surface area contributed by atoms with Crippen LogP contribution in [0.25, 0.3) is 0 Å². The Balaban J connectivity index is 1.56. The van der Waals surface area contributed by atoms with E-state index in [9.17, 15) is 0 Å². The molecule has 3 rings (SSSR count). The zero-order valence-electron chi connectivity index (χ0n) is 16.0. The van der Waals surface area contributed by atoms with E-state index in [2.05, 4.69) is 72.7 Å². The van der Waals surface area contributed by atoms with Gasteiger partial charge in [-0.1, -0.05) is 36.8 Å². The summed E-state index contributed by atoms with van der Waals surface area (Å²) in [4.78, 5) is 2.50. The molecule has 4 heteroatoms. The smallest absolute Gasteiger partial charge is 0.171 e. The minimum atomic E-state index is 0.162. The molecule has 0 amide bonds. The number of thiocarbonyl (C=S) groups is 1. The highest BCUT2D eigenvalue weighted by Crippen LogP contribution is 2.24. The molecular formula is C22H29N3S. The maximum atomic E-state index is 5.46. The van der Waals surface area contributed by atoms with Crippen molar-refractivity contribution >= 4 is 28.7 Å². The van der Waals surface area contributed by atoms with Gasteiger partial charge in [-0.2, -0.15) is 0 Å². The molecule has 3 nitrogen and oxygen atoms in total. The zero-order valence-corrected chi connectivity index (χ0v) is 16.8. The van der Waals surface area contributed by atoms with Crippen LogP contribution >= 0.6 is 12.2 Å². The number of hydrogen-bond acceptors (Lipinski definition) is 2. The number of benzene rings is 2. The molecule has 0 bridgehead atoms. The highest BCUT2D eigenvalue weighted by molar-refractivity contribution is 7.80. The first kappa shape index (κ1) is 18.7. The summed E-state index contributed by atoms with van der Waals surface area (Å²) in [6.07, 6.45) is 2.64. The number of nitrogens with one attached hydrogen (secondary N) is 2. The van der Waals surface area contributed by atoms with Crippen LogP contribution in [0.3, 0.4) is 0 Å². The van der Waals surface area contributed by atoms with Gasteiger partial charge in [-0.15, -0.1) is 0 Å². The van der Waals surface area contributed by atoms with Crippen LogP contribution in [0.5, 0.6) is 0 Å². The molecule has 1 aliphatic heterocycles. The van der Waals surface area contributed by atoms with Gasteiger partial charge >= 0.3 is 0 Å². The third-order valence-corrected chi connectivity index (χ3v) is 5.29. The van der Waals surface area contributed by atoms with E-state index in [0.29, 0.717) is 5.11 Å². The van der Waals surface area contributed by atoms with Gasteiger partial charge in [0.1, 0.15) is 0 Å². The predicted molar refractivity (Wildman–Crippen MR) is 116 cm³/mol. The van der Waals surface area contributed by atoms with Gasteiger partial charge in [-0.05, 0) is 74.7 Å². The Hall–Kier alpha value is -2.07. The van der Waals surface area contributed by atoms with Crippen molar-refractivity contribution in [3.05, 3.63) is 59.7 Å². The number of anilines is 2. The third-order valence-electron chi connectivity index (χ3n) is 5.07. The van der Waals surface area contributed by atoms with Crippen LogP contribution < -0.4 is 15.5 Å². The van der Waals surface area contributed by atoms with Crippen molar-refractivity contribution < 1.29 is 0 Å². The summed E-state index contributed by atoms with van der Waals surface area (Å²) in [5.41, 5.74) is 4.82. The van der Waals surface area contributed by atoms with Crippen molar-refractivity contribution in [2.75, 3.05) is 23.3 Å². The van der Waals surface area contributed by atoms with Crippen molar-refractivity contribution in [2.45, 2.75) is 39.7 Å². The van der Waals surface area contributed by atoms with Crippen LogP contribution in [0.15, 0.2) is 48.5 Å². The fraction of sp³-hybridized carbons (Fsp3) is 0.409. The summed E-state index contributed by atoms with van der Waals surface area (Å²) >= 11 is 5.46. The fourth-order valence-electron chi connectivity index (χ4n) is 3.48. The first-order chi connectivity index (χ1) is 12.5. The van der Waals surface area contributed by atoms with Gasteiger partial charge in [0.05, 0.1) is 6.04 Å². The number of aryl methyl sites for hydroxylation is 1. The molecule has 0 aromatic heterocycles. The lowest BCUT2D eigenvalue weighted by Crippen LogP contribution is -2.34. The highest BCUT2D eigenvalue weighted by Gasteiger charge is 2.17. The first-order valence-electron chi connectivity index (χ1n) is 9.50. The van der Waals surface area contributed by atoms with Gasteiger partial charge in [-0.25, -0.2) is 0 Å². The molecule has 0 unspecified atom stereocenters. The molecule has 2 atom stereocenters. The maximum absolute atomic E-state index is 5.46. The van der Waals surface area contributed by atoms with Crippen molar-refractivity contribution in [3.63, 3.8) is 0 Å². The van der Waals surface area contributed by atoms with Gasteiger partial charge < -0.3 is 15.5 Å². The van der Waals surface area contributed by atoms with E-state index in [1.54, 1.807) is 0 Å². The van der Waals surface area contributed by atoms with E-state index in [-0.39, 0.29) is 6.04 Å². The monoisotopic (exact) mass is 367 g/mol. The summed E-state index contributed by atoms with van der Waals surface area (Å²) in [7, 11) is 0. The number of nitrogens with zero attached hydrogens (tertiary/aromatic N) is 1. The molecule has 1 saturated heterocycles. The van der Waals surface area contributed by atoms with E-state index in [1.807, 2.05) is 12.1 Å². The van der Waals surface area contributed by atoms with Crippen molar-refractivity contribution in [1.82, 2.24) is 5.32 Å². The molecule has 2 N–H and O–H groups in total. The normalized spacial score (nSPS) is 18.3. The van der Waals surface area contributed by atoms with Crippen LogP contribution in [0.4, 0.5) is 11.4 Å². The van der Waals surface area contributed by atoms with Gasteiger partial charge in [0.25, 0.3) is 0 Å². The Morgan fingerprint density at radius 3 is 2.46 bits per heavy atom. The molecule has 1 heterocycles. The Kier molecular flexibility index (Phi) is 6.15. The topological polar surface area (TPSA) is 27.3 Å². The quantitative estimate of drug-likeness (QED) is 0.719. The standard InChI is InChI=1S/C22H29N3S/c1-16-6-10-20(11-7-16)24-22(26)23-18(3)19-8-12-21(13-9-19)25-14-4-5-17(2)15-25/h6-13,17-18H,4-5,14-15H2,1-3H3,(H2,23,24,26)/t17-,18-/m0/s1. The van der Waals surface area contributed by atoms with E-state index in [4.69, 9.17) is 12.2 Å². The average molecular weight is 368 g/mol. The van der Waals surface area contributed by atoms with E-state index in [1.165, 1.54) is 36.2 Å². The molecule has 0 spiro atoms. The molecule has 0 radical (unpaired) electrons. The Labute approximate surface area is 162 Å². The molecule has 0 saturated carbocycles. The molecule has 138 valence electrons. The van der Waals surface area contributed by atoms with E-state index >= 15 is 0 Å². The molecule has 0 aliphatic carbocycles. The van der Waals surface area contributed by atoms with E-state index < -0.39 is 0 Å². The average Bonchev–Trinajstić information content (AvgIpc) is 2.64. The first-order valence-corrected chi connectivity index (χ1v) is 9.91. The fourth-order valence-corrected chi connectivity index (χ4v) is 3.78. The van der Waals surface area contributed by atoms with Crippen molar-refractivity contribution in [2.24, 2.45) is 5.92 Å². The molecule has 1 fully saturated rings. The largest absolute Gasteiger partial charge is 0.371 e. The molecule has 26 heavy (non-hydrogen) atoms. The molecule has 2 aromatic rings. The van der Waals surface area contributed by atoms with Gasteiger partial charge in [0, 0.05) is 24.5 Å². The second-order valence-electron chi connectivity index (χ2n) is 7.47. The zero-order chi connectivity index (χ0) is 18.5. The van der Waals surface area contributed by atoms with Gasteiger partial charge in [0.15, 0.2) is 5.11 Å². The van der Waals surface area contributed by atoms with Gasteiger partial charge in [-0.3, -0.25) is 0 Å². The van der Waals surface area contributed by atoms with Crippen LogP contribution in [-0.4, -0.2) is 18.2 Å². The van der Waals surface area contributed by atoms with Gasteiger partial charge in [0.2, 0.25) is 0 Å². The minimum Gasteiger partial charge on any atom is -0.371 e. The minimum absolute atomic E-state index is 0.162. The Morgan fingerprint density at radius 2 is 1.81 bits per heavy atom. The molecular weight excluding hydrogens is 338 g/mol. The van der Waals surface area contributed by atoms with E-state index in [0.717, 1.165) is 18.2 Å². The third kappa shape index (κ3) is 4.98. The number of piperidine rings is 1. The van der Waals surface area contributed by atoms with Crippen LogP contribution in [0.1, 0.15) is 43.9 Å². The predicted octanol–water partition coefficient (Wildman–Crippen LogP) is 5.28. The molecule has 2 aromatic carbocycles. The Morgan fingerprint density at radius 1 is 1.12 bits per heavy atom. The molecule has 1 aliphatic rings. The second kappa shape index (κ2) is 8.54. The van der Waals surface area contributed by atoms with Crippen LogP contribution in [0, 0.1) is 12.8 Å². The lowest BCUT2D eigenvalue weighted by Gasteiger charge is -2.33. The summed E-state index contributed by atoms with van der Waals surface area (Å²) in [6.45, 7) is 8.89. The summed E-state index contributed by atoms with van der Waals surface area (Å²) in [5, 5.41) is 7.27. The second-order valence-corrected chi connectivity index (χ2v) is 7.88. The Bertz CT molecular complexity index is 724. The van der Waals surface area contributed by atoms with Crippen LogP contribution in [0.2, 0.25) is 0 Å². The van der Waals surface area contributed by atoms with Crippen molar-refractivity contribution in [1.29, 1.82) is 0 Å². The summed E-state index contributed by atoms with van der Waals surface area (Å²) < 4.78 is 0. The highest BCUT2D eigenvalue weighted by atomic mass is 32.1. The lowest BCUT2D eigenvalue weighted by molar-refractivity contribution is 0.447. The maximum Gasteiger partial charge on any atom is 0.171 e. The van der Waals surface area contributed by atoms with Crippen LogP contribution in [-0.2, 0) is 0 Å². The number of rotatable bonds is 4. The lowest BCUT2D eigenvalue weighted by atomic mass is 9.99. The summed E-state index contributed by atoms with van der Waals surface area (Å²) in [5.74, 6) is 0.786.